The number of benzene rings is 6. The number of imidazole rings is 2. The third kappa shape index (κ3) is 18.9. The third-order valence-corrected chi connectivity index (χ3v) is 16.2. The van der Waals surface area contributed by atoms with Crippen molar-refractivity contribution in [1.29, 1.82) is 0 Å². The van der Waals surface area contributed by atoms with E-state index in [9.17, 15) is 26.4 Å². The normalized spacial score (nSPS) is 11.3. The van der Waals surface area contributed by atoms with Gasteiger partial charge in [0.15, 0.2) is 9.84 Å². The Hall–Kier alpha value is -9.15. The number of carbonyl (C=O) groups is 2. The highest BCUT2D eigenvalue weighted by Crippen LogP contribution is 2.31. The number of halogens is 1. The summed E-state index contributed by atoms with van der Waals surface area (Å²) < 4.78 is 62.0. The van der Waals surface area contributed by atoms with Crippen LogP contribution in [0.5, 0.6) is 23.0 Å². The fourth-order valence-electron chi connectivity index (χ4n) is 8.92. The van der Waals surface area contributed by atoms with Gasteiger partial charge in [0.2, 0.25) is 20.9 Å². The lowest BCUT2D eigenvalue weighted by molar-refractivity contribution is 0.0941. The van der Waals surface area contributed by atoms with Gasteiger partial charge in [-0.05, 0) is 101 Å². The Morgan fingerprint density at radius 1 is 0.540 bits per heavy atom. The van der Waals surface area contributed by atoms with Gasteiger partial charge >= 0.3 is 0 Å². The average Bonchev–Trinajstić information content (AvgIpc) is 3.98. The summed E-state index contributed by atoms with van der Waals surface area (Å²) in [5.41, 5.74) is 15.3. The van der Waals surface area contributed by atoms with E-state index in [-0.39, 0.29) is 41.1 Å². The zero-order chi connectivity index (χ0) is 62.1. The topological polar surface area (TPSA) is 256 Å². The molecule has 2 amide bonds. The van der Waals surface area contributed by atoms with Crippen molar-refractivity contribution in [3.8, 4) is 23.0 Å². The highest BCUT2D eigenvalue weighted by Gasteiger charge is 2.17. The van der Waals surface area contributed by atoms with Gasteiger partial charge in [0.25, 0.3) is 11.8 Å². The number of sulfone groups is 1. The Morgan fingerprint density at radius 2 is 0.977 bits per heavy atom. The predicted octanol–water partition coefficient (Wildman–Crippen LogP) is 12.4. The van der Waals surface area contributed by atoms with Crippen LogP contribution in [0.25, 0.3) is 22.1 Å². The number of fused-ring (bicyclic) bond motifs is 2. The maximum Gasteiger partial charge on any atom is 0.270 e. The summed E-state index contributed by atoms with van der Waals surface area (Å²) in [4.78, 5) is 42.6. The Morgan fingerprint density at radius 3 is 1.41 bits per heavy atom. The average molecular weight is 1230 g/mol. The Balaban J connectivity index is 0.000000196. The molecule has 0 atom stereocenters. The fourth-order valence-corrected chi connectivity index (χ4v) is 11.3. The number of nitrogens with zero attached hydrogens (tertiary/aromatic N) is 6. The number of hydrogen-bond donors (Lipinski definition) is 5. The molecule has 0 bridgehead atoms. The molecule has 0 saturated heterocycles. The van der Waals surface area contributed by atoms with Crippen molar-refractivity contribution in [2.45, 2.75) is 57.5 Å². The van der Waals surface area contributed by atoms with Crippen molar-refractivity contribution in [3.05, 3.63) is 216 Å². The van der Waals surface area contributed by atoms with Crippen molar-refractivity contribution in [2.24, 2.45) is 19.8 Å². The molecule has 0 fully saturated rings. The first-order valence-electron chi connectivity index (χ1n) is 28.1. The number of pyridine rings is 2. The molecule has 19 nitrogen and oxygen atoms in total. The van der Waals surface area contributed by atoms with Crippen LogP contribution >= 0.6 is 10.7 Å². The molecular formula is C65H70ClN11O8S2. The lowest BCUT2D eigenvalue weighted by atomic mass is 10.0. The quantitative estimate of drug-likeness (QED) is 0.0312. The van der Waals surface area contributed by atoms with E-state index in [2.05, 4.69) is 83.2 Å². The van der Waals surface area contributed by atoms with Gasteiger partial charge in [-0.25, -0.2) is 26.8 Å². The molecule has 10 rings (SSSR count). The van der Waals surface area contributed by atoms with Gasteiger partial charge < -0.3 is 45.6 Å². The maximum atomic E-state index is 12.7. The number of nitrogens with one attached hydrogen (secondary N) is 4. The zero-order valence-corrected chi connectivity index (χ0v) is 51.5. The molecule has 4 heterocycles. The van der Waals surface area contributed by atoms with Crippen LogP contribution in [-0.2, 0) is 44.5 Å². The number of aromatic nitrogens is 6. The standard InChI is InChI=1S/C33H35N5O4S.C25H28N6O2.C7H7ClO2S/c1-23(2)25-11-7-12-26(19-25)36-33-37-29-20-27(13-14-31(29)38(33)3)42-28-15-17-34-30(21-28)32(39)35-16-8-18-43(40,41)22-24-9-5-4-6-10-24;1-16(2)17-5-4-6-18(13-17)29-25-30-21-14-19(7-8-23(21)31(25)3)33-20-9-11-27-22(15-20)24(32)28-12-10-26;8-11(9,10)6-7-4-2-1-3-5-7/h4-7,9-15,17,19-21,23H,8,16,18,22H2,1-3H3,(H,35,39)(H,36,37);4-9,11,13-16H,10,12,26H2,1-3H3,(H,28,32)(H,29,30);1-5H,6H2. The largest absolute Gasteiger partial charge is 0.457 e. The molecule has 0 aliphatic rings. The molecule has 0 aliphatic heterocycles. The summed E-state index contributed by atoms with van der Waals surface area (Å²) in [5, 5.41) is 12.3. The molecule has 4 aromatic heterocycles. The van der Waals surface area contributed by atoms with Crippen molar-refractivity contribution < 1.29 is 35.9 Å². The molecule has 87 heavy (non-hydrogen) atoms. The molecular weight excluding hydrogens is 1160 g/mol. The van der Waals surface area contributed by atoms with Crippen molar-refractivity contribution >= 4 is 86.7 Å². The summed E-state index contributed by atoms with van der Waals surface area (Å²) in [5.74, 6) is 3.66. The lowest BCUT2D eigenvalue weighted by Gasteiger charge is -2.10. The minimum absolute atomic E-state index is 0.0169. The van der Waals surface area contributed by atoms with E-state index in [1.807, 2.05) is 108 Å². The molecule has 0 saturated carbocycles. The highest BCUT2D eigenvalue weighted by molar-refractivity contribution is 8.13. The van der Waals surface area contributed by atoms with Gasteiger partial charge in [-0.2, -0.15) is 0 Å². The molecule has 0 spiro atoms. The SMILES string of the molecule is CC(C)c1cccc(Nc2nc3cc(Oc4ccnc(C(=O)NCCCS(=O)(=O)Cc5ccccc5)c4)ccc3n2C)c1.CC(C)c1cccc(Nc2nc3cc(Oc4ccnc(C(=O)NCCN)c4)ccc3n2C)c1.O=S(=O)(Cl)Cc1ccccc1. The van der Waals surface area contributed by atoms with Crippen LogP contribution in [0, 0.1) is 0 Å². The first-order valence-corrected chi connectivity index (χ1v) is 32.4. The molecule has 10 aromatic rings. The number of amides is 2. The second-order valence-corrected chi connectivity index (χ2v) is 25.9. The minimum atomic E-state index is -3.40. The van der Waals surface area contributed by atoms with Crippen LogP contribution < -0.4 is 36.5 Å². The van der Waals surface area contributed by atoms with E-state index in [0.29, 0.717) is 65.9 Å². The molecule has 6 N–H and O–H groups in total. The van der Waals surface area contributed by atoms with E-state index in [1.165, 1.54) is 17.3 Å². The molecule has 0 aliphatic carbocycles. The van der Waals surface area contributed by atoms with Crippen molar-refractivity contribution in [2.75, 3.05) is 36.0 Å². The fraction of sp³-hybridized carbons (Fsp3) is 0.231. The van der Waals surface area contributed by atoms with Crippen LogP contribution in [0.3, 0.4) is 0 Å². The number of anilines is 4. The van der Waals surface area contributed by atoms with E-state index >= 15 is 0 Å². The monoisotopic (exact) mass is 1230 g/mol. The van der Waals surface area contributed by atoms with Gasteiger partial charge in [0, 0.05) is 92.4 Å². The number of carbonyl (C=O) groups excluding carboxylic acids is 2. The van der Waals surface area contributed by atoms with E-state index in [0.717, 1.165) is 45.0 Å². The predicted molar refractivity (Wildman–Crippen MR) is 345 cm³/mol. The molecule has 22 heteroatoms. The van der Waals surface area contributed by atoms with Crippen LogP contribution in [0.2, 0.25) is 0 Å². The summed E-state index contributed by atoms with van der Waals surface area (Å²) in [6, 6.07) is 52.4. The van der Waals surface area contributed by atoms with Gasteiger partial charge in [0.05, 0.1) is 39.3 Å². The number of hydrogen-bond acceptors (Lipinski definition) is 15. The number of ether oxygens (including phenoxy) is 2. The second kappa shape index (κ2) is 29.8. The van der Waals surface area contributed by atoms with Gasteiger partial charge in [-0.3, -0.25) is 19.6 Å². The number of rotatable bonds is 22. The molecule has 6 aromatic carbocycles. The lowest BCUT2D eigenvalue weighted by Crippen LogP contribution is -2.29. The summed E-state index contributed by atoms with van der Waals surface area (Å²) in [7, 11) is 2.29. The van der Waals surface area contributed by atoms with Gasteiger partial charge in [-0.1, -0.05) is 113 Å². The molecule has 452 valence electrons. The summed E-state index contributed by atoms with van der Waals surface area (Å²) >= 11 is 0. The number of aryl methyl sites for hydroxylation is 2. The van der Waals surface area contributed by atoms with Crippen molar-refractivity contribution in [3.63, 3.8) is 0 Å². The maximum absolute atomic E-state index is 12.7. The first-order chi connectivity index (χ1) is 41.7. The Kier molecular flexibility index (Phi) is 21.9. The van der Waals surface area contributed by atoms with E-state index in [1.54, 1.807) is 66.9 Å². The van der Waals surface area contributed by atoms with E-state index < -0.39 is 24.8 Å². The van der Waals surface area contributed by atoms with Crippen LogP contribution in [-0.4, -0.2) is 83.1 Å². The van der Waals surface area contributed by atoms with Crippen molar-refractivity contribution in [1.82, 2.24) is 39.7 Å². The summed E-state index contributed by atoms with van der Waals surface area (Å²) in [6.07, 6.45) is 3.35. The Labute approximate surface area is 511 Å². The summed E-state index contributed by atoms with van der Waals surface area (Å²) in [6.45, 7) is 9.65. The van der Waals surface area contributed by atoms with Crippen LogP contribution in [0.15, 0.2) is 182 Å². The van der Waals surface area contributed by atoms with Gasteiger partial charge in [0.1, 0.15) is 34.4 Å². The minimum Gasteiger partial charge on any atom is -0.457 e. The van der Waals surface area contributed by atoms with Gasteiger partial charge in [-0.15, -0.1) is 0 Å². The number of nitrogens with two attached hydrogens (primary N) is 1. The van der Waals surface area contributed by atoms with Crippen LogP contribution in [0.4, 0.5) is 23.3 Å². The molecule has 0 radical (unpaired) electrons. The van der Waals surface area contributed by atoms with Crippen LogP contribution in [0.1, 0.15) is 89.2 Å². The first kappa shape index (κ1) is 63.9. The second-order valence-electron chi connectivity index (χ2n) is 21.0. The highest BCUT2D eigenvalue weighted by atomic mass is 35.7. The molecule has 0 unspecified atom stereocenters. The zero-order valence-electron chi connectivity index (χ0n) is 49.1. The Bertz CT molecular complexity index is 4200. The smallest absolute Gasteiger partial charge is 0.270 e. The third-order valence-electron chi connectivity index (χ3n) is 13.5. The van der Waals surface area contributed by atoms with E-state index in [4.69, 9.17) is 35.9 Å².